The van der Waals surface area contributed by atoms with E-state index in [0.717, 1.165) is 16.8 Å². The summed E-state index contributed by atoms with van der Waals surface area (Å²) in [5, 5.41) is 8.02. The van der Waals surface area contributed by atoms with Crippen molar-refractivity contribution in [3.63, 3.8) is 0 Å². The summed E-state index contributed by atoms with van der Waals surface area (Å²) < 4.78 is 10.7. The first-order valence-corrected chi connectivity index (χ1v) is 10.9. The van der Waals surface area contributed by atoms with Crippen LogP contribution in [0.15, 0.2) is 53.9 Å². The highest BCUT2D eigenvalue weighted by Crippen LogP contribution is 2.36. The van der Waals surface area contributed by atoms with E-state index in [1.807, 2.05) is 67.8 Å². The number of carbonyl (C=O) groups excluding carboxylic acids is 2. The van der Waals surface area contributed by atoms with Crippen LogP contribution in [0.25, 0.3) is 11.3 Å². The molecule has 7 nitrogen and oxygen atoms in total. The summed E-state index contributed by atoms with van der Waals surface area (Å²) in [6.45, 7) is 4.00. The van der Waals surface area contributed by atoms with Crippen LogP contribution >= 0.6 is 11.3 Å². The molecule has 4 rings (SSSR count). The summed E-state index contributed by atoms with van der Waals surface area (Å²) in [7, 11) is 0. The minimum atomic E-state index is -0.658. The Bertz CT molecular complexity index is 1080. The van der Waals surface area contributed by atoms with Gasteiger partial charge in [-0.25, -0.2) is 4.98 Å². The van der Waals surface area contributed by atoms with Crippen molar-refractivity contribution in [3.8, 4) is 22.8 Å². The smallest absolute Gasteiger partial charge is 0.248 e. The predicted octanol–water partition coefficient (Wildman–Crippen LogP) is 3.86. The summed E-state index contributed by atoms with van der Waals surface area (Å²) >= 11 is 1.33. The Kier molecular flexibility index (Phi) is 6.18. The van der Waals surface area contributed by atoms with Crippen LogP contribution in [0.1, 0.15) is 19.4 Å². The fourth-order valence-corrected chi connectivity index (χ4v) is 3.97. The Morgan fingerprint density at radius 1 is 1.10 bits per heavy atom. The Balaban J connectivity index is 1.40. The number of benzene rings is 2. The minimum absolute atomic E-state index is 0.0759. The average molecular weight is 438 g/mol. The summed E-state index contributed by atoms with van der Waals surface area (Å²) in [5.41, 5.74) is 2.50. The van der Waals surface area contributed by atoms with Gasteiger partial charge < -0.3 is 20.1 Å². The number of thiazole rings is 1. The number of hydrogen-bond donors (Lipinski definition) is 2. The number of amides is 2. The van der Waals surface area contributed by atoms with Crippen molar-refractivity contribution in [2.24, 2.45) is 5.92 Å². The molecule has 3 aromatic rings. The van der Waals surface area contributed by atoms with Gasteiger partial charge in [0.15, 0.2) is 16.6 Å². The highest BCUT2D eigenvalue weighted by molar-refractivity contribution is 7.14. The largest absolute Gasteiger partial charge is 0.454 e. The van der Waals surface area contributed by atoms with E-state index in [1.165, 1.54) is 11.3 Å². The van der Waals surface area contributed by atoms with Gasteiger partial charge in [-0.3, -0.25) is 9.59 Å². The van der Waals surface area contributed by atoms with Crippen molar-refractivity contribution >= 4 is 28.3 Å². The van der Waals surface area contributed by atoms with E-state index in [0.29, 0.717) is 16.6 Å². The first-order valence-electron chi connectivity index (χ1n) is 9.99. The third-order valence-electron chi connectivity index (χ3n) is 4.88. The lowest BCUT2D eigenvalue weighted by atomic mass is 10.0. The molecule has 160 valence electrons. The van der Waals surface area contributed by atoms with Gasteiger partial charge in [0.25, 0.3) is 0 Å². The Hall–Kier alpha value is -3.39. The number of aromatic nitrogens is 1. The van der Waals surface area contributed by atoms with Gasteiger partial charge in [-0.2, -0.15) is 0 Å². The first-order chi connectivity index (χ1) is 15.0. The minimum Gasteiger partial charge on any atom is -0.454 e. The first kappa shape index (κ1) is 20.9. The van der Waals surface area contributed by atoms with E-state index in [4.69, 9.17) is 9.47 Å². The fourth-order valence-electron chi connectivity index (χ4n) is 3.24. The van der Waals surface area contributed by atoms with E-state index in [9.17, 15) is 9.59 Å². The second-order valence-corrected chi connectivity index (χ2v) is 8.40. The number of nitrogens with zero attached hydrogens (tertiary/aromatic N) is 1. The number of rotatable bonds is 7. The monoisotopic (exact) mass is 437 g/mol. The summed E-state index contributed by atoms with van der Waals surface area (Å²) in [6.07, 6.45) is 0.225. The SMILES string of the molecule is CC(C)[C@@H](NC(=O)Cc1ccccc1)C(=O)Nc1nc(-c2ccc3c(c2)OCO3)cs1. The van der Waals surface area contributed by atoms with Crippen molar-refractivity contribution in [2.45, 2.75) is 26.3 Å². The van der Waals surface area contributed by atoms with E-state index in [1.54, 1.807) is 0 Å². The standard InChI is InChI=1S/C23H23N3O4S/c1-14(2)21(25-20(27)10-15-6-4-3-5-7-15)22(28)26-23-24-17(12-31-23)16-8-9-18-19(11-16)30-13-29-18/h3-9,11-12,14,21H,10,13H2,1-2H3,(H,25,27)(H,24,26,28)/t21-/m1/s1. The lowest BCUT2D eigenvalue weighted by Gasteiger charge is -2.21. The molecule has 1 aromatic heterocycles. The molecule has 0 aliphatic carbocycles. The quantitative estimate of drug-likeness (QED) is 0.586. The maximum absolute atomic E-state index is 12.8. The number of fused-ring (bicyclic) bond motifs is 1. The number of carbonyl (C=O) groups is 2. The molecular weight excluding hydrogens is 414 g/mol. The molecular formula is C23H23N3O4S. The summed E-state index contributed by atoms with van der Waals surface area (Å²) in [5.74, 6) is 0.826. The molecule has 2 aromatic carbocycles. The van der Waals surface area contributed by atoms with Crippen molar-refractivity contribution < 1.29 is 19.1 Å². The zero-order valence-electron chi connectivity index (χ0n) is 17.3. The van der Waals surface area contributed by atoms with Crippen LogP contribution in [0.2, 0.25) is 0 Å². The van der Waals surface area contributed by atoms with Crippen LogP contribution in [0.5, 0.6) is 11.5 Å². The predicted molar refractivity (Wildman–Crippen MR) is 119 cm³/mol. The molecule has 1 atom stereocenters. The highest BCUT2D eigenvalue weighted by atomic mass is 32.1. The molecule has 1 aliphatic rings. The van der Waals surface area contributed by atoms with Gasteiger partial charge in [0.2, 0.25) is 18.6 Å². The van der Waals surface area contributed by atoms with Crippen molar-refractivity contribution in [2.75, 3.05) is 12.1 Å². The van der Waals surface area contributed by atoms with Crippen LogP contribution in [0, 0.1) is 5.92 Å². The van der Waals surface area contributed by atoms with Gasteiger partial charge in [-0.15, -0.1) is 11.3 Å². The molecule has 2 amide bonds. The molecule has 0 spiro atoms. The zero-order valence-corrected chi connectivity index (χ0v) is 18.1. The number of anilines is 1. The van der Waals surface area contributed by atoms with Gasteiger partial charge in [0.05, 0.1) is 12.1 Å². The summed E-state index contributed by atoms with van der Waals surface area (Å²) in [6, 6.07) is 14.4. The Labute approximate surface area is 184 Å². The van der Waals surface area contributed by atoms with Gasteiger partial charge in [-0.05, 0) is 29.7 Å². The molecule has 0 saturated carbocycles. The lowest BCUT2D eigenvalue weighted by Crippen LogP contribution is -2.47. The van der Waals surface area contributed by atoms with Crippen molar-refractivity contribution in [1.29, 1.82) is 0 Å². The second-order valence-electron chi connectivity index (χ2n) is 7.55. The molecule has 0 bridgehead atoms. The molecule has 0 unspecified atom stereocenters. The van der Waals surface area contributed by atoms with E-state index >= 15 is 0 Å². The third-order valence-corrected chi connectivity index (χ3v) is 5.63. The molecule has 0 fully saturated rings. The van der Waals surface area contributed by atoms with E-state index in [-0.39, 0.29) is 30.9 Å². The molecule has 1 aliphatic heterocycles. The molecule has 2 heterocycles. The fraction of sp³-hybridized carbons (Fsp3) is 0.261. The normalized spacial score (nSPS) is 13.1. The van der Waals surface area contributed by atoms with E-state index < -0.39 is 6.04 Å². The molecule has 0 saturated heterocycles. The van der Waals surface area contributed by atoms with Crippen LogP contribution in [0.4, 0.5) is 5.13 Å². The third kappa shape index (κ3) is 5.03. The van der Waals surface area contributed by atoms with Gasteiger partial charge >= 0.3 is 0 Å². The molecule has 2 N–H and O–H groups in total. The van der Waals surface area contributed by atoms with Gasteiger partial charge in [-0.1, -0.05) is 44.2 Å². The van der Waals surface area contributed by atoms with Crippen molar-refractivity contribution in [3.05, 3.63) is 59.5 Å². The number of nitrogens with one attached hydrogen (secondary N) is 2. The number of hydrogen-bond acceptors (Lipinski definition) is 6. The number of ether oxygens (including phenoxy) is 2. The van der Waals surface area contributed by atoms with E-state index in [2.05, 4.69) is 15.6 Å². The van der Waals surface area contributed by atoms with Gasteiger partial charge in [0, 0.05) is 10.9 Å². The zero-order chi connectivity index (χ0) is 21.8. The molecule has 8 heteroatoms. The maximum Gasteiger partial charge on any atom is 0.248 e. The molecule has 0 radical (unpaired) electrons. The van der Waals surface area contributed by atoms with Crippen LogP contribution < -0.4 is 20.1 Å². The highest BCUT2D eigenvalue weighted by Gasteiger charge is 2.25. The summed E-state index contributed by atoms with van der Waals surface area (Å²) in [4.78, 5) is 29.8. The Morgan fingerprint density at radius 2 is 1.87 bits per heavy atom. The van der Waals surface area contributed by atoms with Crippen LogP contribution in [-0.4, -0.2) is 29.6 Å². The second kappa shape index (κ2) is 9.18. The van der Waals surface area contributed by atoms with Crippen molar-refractivity contribution in [1.82, 2.24) is 10.3 Å². The van der Waals surface area contributed by atoms with Crippen LogP contribution in [-0.2, 0) is 16.0 Å². The molecule has 31 heavy (non-hydrogen) atoms. The Morgan fingerprint density at radius 3 is 2.65 bits per heavy atom. The topological polar surface area (TPSA) is 89.6 Å². The van der Waals surface area contributed by atoms with Crippen LogP contribution in [0.3, 0.4) is 0 Å². The average Bonchev–Trinajstić information content (AvgIpc) is 3.41. The lowest BCUT2D eigenvalue weighted by molar-refractivity contribution is -0.127. The maximum atomic E-state index is 12.8. The van der Waals surface area contributed by atoms with Gasteiger partial charge in [0.1, 0.15) is 6.04 Å².